The van der Waals surface area contributed by atoms with E-state index < -0.39 is 5.82 Å². The molecule has 0 aliphatic heterocycles. The highest BCUT2D eigenvalue weighted by Crippen LogP contribution is 2.20. The van der Waals surface area contributed by atoms with Crippen LogP contribution in [0.1, 0.15) is 29.6 Å². The molecule has 5 heteroatoms. The Balaban J connectivity index is 2.44. The van der Waals surface area contributed by atoms with E-state index in [4.69, 9.17) is 0 Å². The predicted octanol–water partition coefficient (Wildman–Crippen LogP) is 3.88. The molecule has 0 aliphatic rings. The number of amides is 1. The van der Waals surface area contributed by atoms with Crippen molar-refractivity contribution in [3.8, 4) is 0 Å². The van der Waals surface area contributed by atoms with Crippen LogP contribution in [-0.4, -0.2) is 17.8 Å². The van der Waals surface area contributed by atoms with Crippen molar-refractivity contribution in [1.29, 1.82) is 0 Å². The average molecular weight is 367 g/mol. The van der Waals surface area contributed by atoms with E-state index in [1.54, 1.807) is 6.07 Å². The van der Waals surface area contributed by atoms with Gasteiger partial charge in [-0.1, -0.05) is 28.4 Å². The number of carbonyl (C=O) groups is 1. The minimum absolute atomic E-state index is 0.220. The lowest BCUT2D eigenvalue weighted by atomic mass is 10.2. The topological polar surface area (TPSA) is 29.1 Å². The first-order valence-electron chi connectivity index (χ1n) is 5.45. The van der Waals surface area contributed by atoms with Gasteiger partial charge in [-0.2, -0.15) is 0 Å². The van der Waals surface area contributed by atoms with Crippen molar-refractivity contribution in [1.82, 2.24) is 5.32 Å². The second-order valence-electron chi connectivity index (χ2n) is 3.61. The summed E-state index contributed by atoms with van der Waals surface area (Å²) in [5, 5.41) is 3.76. The summed E-state index contributed by atoms with van der Waals surface area (Å²) < 4.78 is 13.4. The normalized spacial score (nSPS) is 10.3. The van der Waals surface area contributed by atoms with Crippen molar-refractivity contribution < 1.29 is 9.18 Å². The maximum atomic E-state index is 13.2. The molecular formula is C12H14Br2FNO. The third-order valence-electron chi connectivity index (χ3n) is 2.29. The molecule has 1 aromatic carbocycles. The number of rotatable bonds is 6. The molecule has 0 heterocycles. The molecule has 17 heavy (non-hydrogen) atoms. The average Bonchev–Trinajstić information content (AvgIpc) is 2.32. The summed E-state index contributed by atoms with van der Waals surface area (Å²) in [5.41, 5.74) is 0.338. The van der Waals surface area contributed by atoms with E-state index in [1.165, 1.54) is 12.1 Å². The molecule has 2 nitrogen and oxygen atoms in total. The van der Waals surface area contributed by atoms with Crippen LogP contribution >= 0.6 is 31.9 Å². The zero-order valence-electron chi connectivity index (χ0n) is 9.31. The Morgan fingerprint density at radius 1 is 1.29 bits per heavy atom. The molecule has 1 rings (SSSR count). The minimum atomic E-state index is -0.420. The van der Waals surface area contributed by atoms with Gasteiger partial charge in [-0.05, 0) is 40.9 Å². The van der Waals surface area contributed by atoms with Crippen molar-refractivity contribution in [3.05, 3.63) is 34.1 Å². The van der Waals surface area contributed by atoms with Crippen LogP contribution in [0.3, 0.4) is 0 Å². The van der Waals surface area contributed by atoms with E-state index in [1.807, 2.05) is 0 Å². The molecule has 0 unspecified atom stereocenters. The molecule has 0 saturated carbocycles. The monoisotopic (exact) mass is 365 g/mol. The molecule has 0 atom stereocenters. The largest absolute Gasteiger partial charge is 0.352 e. The fourth-order valence-electron chi connectivity index (χ4n) is 1.37. The second-order valence-corrected chi connectivity index (χ2v) is 5.19. The molecular weight excluding hydrogens is 353 g/mol. The molecule has 0 aliphatic carbocycles. The van der Waals surface area contributed by atoms with Crippen LogP contribution in [0.2, 0.25) is 0 Å². The number of hydrogen-bond donors (Lipinski definition) is 1. The highest BCUT2D eigenvalue weighted by molar-refractivity contribution is 9.10. The van der Waals surface area contributed by atoms with E-state index in [2.05, 4.69) is 37.2 Å². The van der Waals surface area contributed by atoms with Crippen molar-refractivity contribution >= 4 is 37.8 Å². The highest BCUT2D eigenvalue weighted by Gasteiger charge is 2.11. The van der Waals surface area contributed by atoms with Crippen LogP contribution in [0.4, 0.5) is 4.39 Å². The number of nitrogens with one attached hydrogen (secondary N) is 1. The number of carbonyl (C=O) groups excluding carboxylic acids is 1. The molecule has 1 amide bonds. The third-order valence-corrected chi connectivity index (χ3v) is 3.66. The Hall–Kier alpha value is -0.420. The van der Waals surface area contributed by atoms with Gasteiger partial charge in [0.25, 0.3) is 5.91 Å². The summed E-state index contributed by atoms with van der Waals surface area (Å²) in [4.78, 5) is 11.7. The second kappa shape index (κ2) is 7.82. The standard InChI is InChI=1S/C12H14Br2FNO/c13-7-2-1-3-8-16-12(17)9-5-4-6-10(15)11(9)14/h4-6H,1-3,7-8H2,(H,16,17). The smallest absolute Gasteiger partial charge is 0.252 e. The van der Waals surface area contributed by atoms with Crippen LogP contribution < -0.4 is 5.32 Å². The van der Waals surface area contributed by atoms with Gasteiger partial charge in [0, 0.05) is 11.9 Å². The molecule has 94 valence electrons. The Labute approximate surface area is 117 Å². The molecule has 0 bridgehead atoms. The van der Waals surface area contributed by atoms with Crippen LogP contribution in [-0.2, 0) is 0 Å². The zero-order chi connectivity index (χ0) is 12.7. The Morgan fingerprint density at radius 3 is 2.76 bits per heavy atom. The molecule has 0 fully saturated rings. The van der Waals surface area contributed by atoms with Crippen LogP contribution in [0.15, 0.2) is 22.7 Å². The summed E-state index contributed by atoms with van der Waals surface area (Å²) in [7, 11) is 0. The van der Waals surface area contributed by atoms with Gasteiger partial charge in [0.05, 0.1) is 10.0 Å². The van der Waals surface area contributed by atoms with Crippen LogP contribution in [0.25, 0.3) is 0 Å². The number of alkyl halides is 1. The molecule has 0 spiro atoms. The van der Waals surface area contributed by atoms with Gasteiger partial charge in [0.2, 0.25) is 0 Å². The number of unbranched alkanes of at least 4 members (excludes halogenated alkanes) is 2. The molecule has 0 aromatic heterocycles. The van der Waals surface area contributed by atoms with E-state index in [-0.39, 0.29) is 10.4 Å². The van der Waals surface area contributed by atoms with E-state index >= 15 is 0 Å². The summed E-state index contributed by atoms with van der Waals surface area (Å²) in [5.74, 6) is -0.660. The number of hydrogen-bond acceptors (Lipinski definition) is 1. The first kappa shape index (κ1) is 14.6. The SMILES string of the molecule is O=C(NCCCCCBr)c1cccc(F)c1Br. The zero-order valence-corrected chi connectivity index (χ0v) is 12.5. The third kappa shape index (κ3) is 4.76. The highest BCUT2D eigenvalue weighted by atomic mass is 79.9. The summed E-state index contributed by atoms with van der Waals surface area (Å²) in [6, 6.07) is 4.44. The fraction of sp³-hybridized carbons (Fsp3) is 0.417. The molecule has 1 aromatic rings. The Morgan fingerprint density at radius 2 is 2.06 bits per heavy atom. The first-order valence-corrected chi connectivity index (χ1v) is 7.36. The molecule has 0 saturated heterocycles. The summed E-state index contributed by atoms with van der Waals surface area (Å²) in [6.07, 6.45) is 3.10. The quantitative estimate of drug-likeness (QED) is 0.600. The fourth-order valence-corrected chi connectivity index (χ4v) is 2.21. The maximum Gasteiger partial charge on any atom is 0.252 e. The summed E-state index contributed by atoms with van der Waals surface area (Å²) >= 11 is 6.42. The van der Waals surface area contributed by atoms with Crippen molar-refractivity contribution in [2.24, 2.45) is 0 Å². The minimum Gasteiger partial charge on any atom is -0.352 e. The van der Waals surface area contributed by atoms with Crippen molar-refractivity contribution in [2.75, 3.05) is 11.9 Å². The van der Waals surface area contributed by atoms with Crippen molar-refractivity contribution in [2.45, 2.75) is 19.3 Å². The maximum absolute atomic E-state index is 13.2. The Bertz CT molecular complexity index is 385. The van der Waals surface area contributed by atoms with Gasteiger partial charge in [-0.15, -0.1) is 0 Å². The first-order chi connectivity index (χ1) is 8.16. The molecule has 1 N–H and O–H groups in total. The van der Waals surface area contributed by atoms with Crippen molar-refractivity contribution in [3.63, 3.8) is 0 Å². The lowest BCUT2D eigenvalue weighted by molar-refractivity contribution is 0.0951. The van der Waals surface area contributed by atoms with Gasteiger partial charge < -0.3 is 5.32 Å². The number of benzene rings is 1. The van der Waals surface area contributed by atoms with E-state index in [0.717, 1.165) is 24.6 Å². The van der Waals surface area contributed by atoms with E-state index in [9.17, 15) is 9.18 Å². The van der Waals surface area contributed by atoms with Gasteiger partial charge in [-0.3, -0.25) is 4.79 Å². The van der Waals surface area contributed by atoms with Gasteiger partial charge in [0.15, 0.2) is 0 Å². The van der Waals surface area contributed by atoms with Crippen LogP contribution in [0.5, 0.6) is 0 Å². The van der Waals surface area contributed by atoms with Gasteiger partial charge >= 0.3 is 0 Å². The number of halogens is 3. The van der Waals surface area contributed by atoms with Gasteiger partial charge in [-0.25, -0.2) is 4.39 Å². The molecule has 0 radical (unpaired) electrons. The predicted molar refractivity (Wildman–Crippen MR) is 74.1 cm³/mol. The van der Waals surface area contributed by atoms with E-state index in [0.29, 0.717) is 12.1 Å². The Kier molecular flexibility index (Phi) is 6.73. The van der Waals surface area contributed by atoms with Crippen LogP contribution in [0, 0.1) is 5.82 Å². The summed E-state index contributed by atoms with van der Waals surface area (Å²) in [6.45, 7) is 0.620. The lowest BCUT2D eigenvalue weighted by Crippen LogP contribution is -2.25. The lowest BCUT2D eigenvalue weighted by Gasteiger charge is -2.07. The van der Waals surface area contributed by atoms with Gasteiger partial charge in [0.1, 0.15) is 5.82 Å².